The zero-order valence-corrected chi connectivity index (χ0v) is 17.8. The van der Waals surface area contributed by atoms with Gasteiger partial charge in [-0.15, -0.1) is 0 Å². The van der Waals surface area contributed by atoms with Gasteiger partial charge in [0.25, 0.3) is 5.91 Å². The molecule has 0 spiro atoms. The lowest BCUT2D eigenvalue weighted by Crippen LogP contribution is -2.33. The highest BCUT2D eigenvalue weighted by atomic mass is 16.2. The van der Waals surface area contributed by atoms with Gasteiger partial charge < -0.3 is 21.4 Å². The number of aromatic nitrogens is 1. The Labute approximate surface area is 181 Å². The van der Waals surface area contributed by atoms with E-state index >= 15 is 0 Å². The Balaban J connectivity index is 1.61. The molecular weight excluding hydrogens is 388 g/mol. The lowest BCUT2D eigenvalue weighted by molar-refractivity contribution is -0.128. The second kappa shape index (κ2) is 7.45. The van der Waals surface area contributed by atoms with Gasteiger partial charge in [-0.2, -0.15) is 0 Å². The molecule has 1 fully saturated rings. The topological polar surface area (TPSA) is 105 Å². The minimum Gasteiger partial charge on any atom is -0.398 e. The van der Waals surface area contributed by atoms with Crippen molar-refractivity contribution in [3.8, 4) is 11.1 Å². The standard InChI is InChI=1S/C25H28N4O2/c1-14-16(4-2-5-20(14)26)17-9-10-19(25(27)31)24-23(17)18-8-7-15(12-21(18)28-24)13-29-11-3-6-22(29)30/h2,4-5,9-10,15,28H,3,6-8,11-13,26H2,1H3,(H2,27,31). The molecule has 0 bridgehead atoms. The first-order chi connectivity index (χ1) is 14.9. The molecule has 160 valence electrons. The molecule has 3 aromatic rings. The van der Waals surface area contributed by atoms with E-state index in [0.29, 0.717) is 17.9 Å². The summed E-state index contributed by atoms with van der Waals surface area (Å²) in [4.78, 5) is 29.8. The van der Waals surface area contributed by atoms with E-state index in [2.05, 4.69) is 11.1 Å². The summed E-state index contributed by atoms with van der Waals surface area (Å²) in [7, 11) is 0. The lowest BCUT2D eigenvalue weighted by Gasteiger charge is -2.27. The highest BCUT2D eigenvalue weighted by molar-refractivity contribution is 6.11. The summed E-state index contributed by atoms with van der Waals surface area (Å²) in [6.45, 7) is 3.72. The van der Waals surface area contributed by atoms with Crippen LogP contribution >= 0.6 is 0 Å². The van der Waals surface area contributed by atoms with Crippen LogP contribution < -0.4 is 11.5 Å². The van der Waals surface area contributed by atoms with Crippen LogP contribution in [-0.4, -0.2) is 34.8 Å². The lowest BCUT2D eigenvalue weighted by atomic mass is 9.84. The molecule has 1 atom stereocenters. The summed E-state index contributed by atoms with van der Waals surface area (Å²) in [5, 5.41) is 1.08. The normalized spacial score (nSPS) is 18.5. The molecule has 5 rings (SSSR count). The fourth-order valence-corrected chi connectivity index (χ4v) is 5.35. The number of H-pyrrole nitrogens is 1. The Bertz CT molecular complexity index is 1210. The quantitative estimate of drug-likeness (QED) is 0.566. The number of rotatable bonds is 4. The summed E-state index contributed by atoms with van der Waals surface area (Å²) >= 11 is 0. The largest absolute Gasteiger partial charge is 0.398 e. The molecule has 1 aliphatic carbocycles. The van der Waals surface area contributed by atoms with Crippen LogP contribution in [0.4, 0.5) is 5.69 Å². The number of fused-ring (bicyclic) bond motifs is 3. The van der Waals surface area contributed by atoms with Crippen LogP contribution in [0.2, 0.25) is 0 Å². The molecule has 5 N–H and O–H groups in total. The van der Waals surface area contributed by atoms with Crippen LogP contribution in [0.3, 0.4) is 0 Å². The average molecular weight is 417 g/mol. The van der Waals surface area contributed by atoms with Crippen LogP contribution in [-0.2, 0) is 17.6 Å². The van der Waals surface area contributed by atoms with E-state index in [9.17, 15) is 9.59 Å². The maximum absolute atomic E-state index is 12.2. The van der Waals surface area contributed by atoms with Gasteiger partial charge in [-0.05, 0) is 72.9 Å². The maximum Gasteiger partial charge on any atom is 0.250 e. The highest BCUT2D eigenvalue weighted by Crippen LogP contribution is 2.40. The third-order valence-corrected chi connectivity index (χ3v) is 7.02. The number of aryl methyl sites for hydroxylation is 1. The second-order valence-corrected chi connectivity index (χ2v) is 8.93. The molecule has 2 aromatic carbocycles. The fraction of sp³-hybridized carbons (Fsp3) is 0.360. The predicted molar refractivity (Wildman–Crippen MR) is 123 cm³/mol. The number of carbonyl (C=O) groups is 2. The molecule has 6 nitrogen and oxygen atoms in total. The molecule has 0 saturated carbocycles. The number of benzene rings is 2. The van der Waals surface area contributed by atoms with Crippen molar-refractivity contribution in [2.45, 2.75) is 39.0 Å². The molecule has 6 heteroatoms. The molecule has 2 heterocycles. The summed E-state index contributed by atoms with van der Waals surface area (Å²) in [5.41, 5.74) is 19.6. The number of likely N-dealkylation sites (tertiary alicyclic amines) is 1. The van der Waals surface area contributed by atoms with Crippen molar-refractivity contribution >= 4 is 28.4 Å². The number of hydrogen-bond donors (Lipinski definition) is 3. The van der Waals surface area contributed by atoms with E-state index in [0.717, 1.165) is 77.7 Å². The van der Waals surface area contributed by atoms with Gasteiger partial charge in [0.2, 0.25) is 5.91 Å². The summed E-state index contributed by atoms with van der Waals surface area (Å²) in [6, 6.07) is 9.75. The monoisotopic (exact) mass is 416 g/mol. The van der Waals surface area contributed by atoms with Crippen LogP contribution in [0.15, 0.2) is 30.3 Å². The zero-order chi connectivity index (χ0) is 21.7. The average Bonchev–Trinajstić information content (AvgIpc) is 3.32. The Hall–Kier alpha value is -3.28. The number of primary amides is 1. The highest BCUT2D eigenvalue weighted by Gasteiger charge is 2.29. The molecule has 1 unspecified atom stereocenters. The van der Waals surface area contributed by atoms with Gasteiger partial charge in [0.15, 0.2) is 0 Å². The Morgan fingerprint density at radius 2 is 2.03 bits per heavy atom. The first-order valence-corrected chi connectivity index (χ1v) is 11.0. The number of nitrogen functional groups attached to an aromatic ring is 1. The molecule has 1 saturated heterocycles. The van der Waals surface area contributed by atoms with Gasteiger partial charge >= 0.3 is 0 Å². The van der Waals surface area contributed by atoms with E-state index in [1.807, 2.05) is 36.1 Å². The van der Waals surface area contributed by atoms with Crippen LogP contribution in [0.5, 0.6) is 0 Å². The molecular formula is C25H28N4O2. The number of nitrogens with zero attached hydrogens (tertiary/aromatic N) is 1. The van der Waals surface area contributed by atoms with Crippen molar-refractivity contribution in [2.24, 2.45) is 11.7 Å². The first kappa shape index (κ1) is 19.7. The van der Waals surface area contributed by atoms with Gasteiger partial charge in [0.05, 0.1) is 11.1 Å². The number of amides is 2. The Morgan fingerprint density at radius 1 is 1.19 bits per heavy atom. The maximum atomic E-state index is 12.2. The third-order valence-electron chi connectivity index (χ3n) is 7.02. The van der Waals surface area contributed by atoms with E-state index in [-0.39, 0.29) is 5.91 Å². The van der Waals surface area contributed by atoms with Crippen molar-refractivity contribution in [2.75, 3.05) is 18.8 Å². The first-order valence-electron chi connectivity index (χ1n) is 11.0. The van der Waals surface area contributed by atoms with Crippen LogP contribution in [0.25, 0.3) is 22.0 Å². The van der Waals surface area contributed by atoms with Crippen LogP contribution in [0, 0.1) is 12.8 Å². The number of anilines is 1. The third kappa shape index (κ3) is 3.26. The smallest absolute Gasteiger partial charge is 0.250 e. The van der Waals surface area contributed by atoms with Crippen molar-refractivity contribution in [1.82, 2.24) is 9.88 Å². The second-order valence-electron chi connectivity index (χ2n) is 8.93. The molecule has 31 heavy (non-hydrogen) atoms. The van der Waals surface area contributed by atoms with Gasteiger partial charge in [0.1, 0.15) is 0 Å². The molecule has 0 radical (unpaired) electrons. The Kier molecular flexibility index (Phi) is 4.73. The van der Waals surface area contributed by atoms with Crippen molar-refractivity contribution in [1.29, 1.82) is 0 Å². The van der Waals surface area contributed by atoms with Crippen LogP contribution in [0.1, 0.15) is 46.4 Å². The summed E-state index contributed by atoms with van der Waals surface area (Å²) in [6.07, 6.45) is 4.46. The minimum atomic E-state index is -0.432. The van der Waals surface area contributed by atoms with E-state index in [1.165, 1.54) is 5.56 Å². The minimum absolute atomic E-state index is 0.276. The van der Waals surface area contributed by atoms with Gasteiger partial charge in [-0.1, -0.05) is 18.2 Å². The van der Waals surface area contributed by atoms with Gasteiger partial charge in [0, 0.05) is 36.3 Å². The summed E-state index contributed by atoms with van der Waals surface area (Å²) < 4.78 is 0. The number of nitrogens with two attached hydrogens (primary N) is 2. The van der Waals surface area contributed by atoms with E-state index in [4.69, 9.17) is 11.5 Å². The molecule has 1 aliphatic heterocycles. The van der Waals surface area contributed by atoms with Crippen molar-refractivity contribution in [3.63, 3.8) is 0 Å². The summed E-state index contributed by atoms with van der Waals surface area (Å²) in [5.74, 6) is 0.272. The van der Waals surface area contributed by atoms with Gasteiger partial charge in [-0.25, -0.2) is 0 Å². The SMILES string of the molecule is Cc1c(N)cccc1-c1ccc(C(N)=O)c2[nH]c3c(c12)CCC(CN1CCCC1=O)C3. The number of aromatic amines is 1. The number of hydrogen-bond acceptors (Lipinski definition) is 3. The van der Waals surface area contributed by atoms with Crippen molar-refractivity contribution in [3.05, 3.63) is 52.7 Å². The molecule has 2 amide bonds. The number of carbonyl (C=O) groups excluding carboxylic acids is 2. The number of nitrogens with one attached hydrogen (secondary N) is 1. The van der Waals surface area contributed by atoms with E-state index < -0.39 is 5.91 Å². The van der Waals surface area contributed by atoms with Crippen molar-refractivity contribution < 1.29 is 9.59 Å². The zero-order valence-electron chi connectivity index (χ0n) is 17.8. The van der Waals surface area contributed by atoms with Gasteiger partial charge in [-0.3, -0.25) is 9.59 Å². The van der Waals surface area contributed by atoms with E-state index in [1.54, 1.807) is 0 Å². The predicted octanol–water partition coefficient (Wildman–Crippen LogP) is 3.55. The molecule has 2 aliphatic rings. The Morgan fingerprint density at radius 3 is 2.77 bits per heavy atom. The molecule has 1 aromatic heterocycles. The fourth-order valence-electron chi connectivity index (χ4n) is 5.35.